The Morgan fingerprint density at radius 2 is 2.06 bits per heavy atom. The SMILES string of the molecule is NC(=O)Nc1ccc2[nH]c(C(=O)O)cc2c1. The second kappa shape index (κ2) is 3.58. The molecule has 1 aromatic heterocycles. The molecule has 0 aliphatic heterocycles. The Bertz CT molecular complexity index is 574. The van der Waals surface area contributed by atoms with E-state index in [0.29, 0.717) is 16.6 Å². The van der Waals surface area contributed by atoms with Crippen LogP contribution in [0.1, 0.15) is 10.5 Å². The fourth-order valence-corrected chi connectivity index (χ4v) is 1.47. The van der Waals surface area contributed by atoms with Gasteiger partial charge in [0, 0.05) is 16.6 Å². The van der Waals surface area contributed by atoms with Crippen LogP contribution in [-0.2, 0) is 0 Å². The van der Waals surface area contributed by atoms with Gasteiger partial charge in [0.05, 0.1) is 0 Å². The standard InChI is InChI=1S/C10H9N3O3/c11-10(16)12-6-1-2-7-5(3-6)4-8(13-7)9(14)15/h1-4,13H,(H,14,15)(H3,11,12,16). The molecule has 1 heterocycles. The molecule has 0 aliphatic rings. The third-order valence-electron chi connectivity index (χ3n) is 2.12. The van der Waals surface area contributed by atoms with Crippen molar-refractivity contribution in [3.63, 3.8) is 0 Å². The molecule has 0 atom stereocenters. The third-order valence-corrected chi connectivity index (χ3v) is 2.12. The van der Waals surface area contributed by atoms with Gasteiger partial charge in [-0.05, 0) is 24.3 Å². The first-order valence-corrected chi connectivity index (χ1v) is 4.49. The number of H-pyrrole nitrogens is 1. The average Bonchev–Trinajstić information content (AvgIpc) is 2.59. The van der Waals surface area contributed by atoms with Crippen molar-refractivity contribution >= 4 is 28.6 Å². The summed E-state index contributed by atoms with van der Waals surface area (Å²) in [5.74, 6) is -1.03. The molecule has 0 aliphatic carbocycles. The Labute approximate surface area is 90.1 Å². The Morgan fingerprint density at radius 3 is 2.69 bits per heavy atom. The zero-order valence-electron chi connectivity index (χ0n) is 8.15. The molecular formula is C10H9N3O3. The van der Waals surface area contributed by atoms with E-state index in [4.69, 9.17) is 10.8 Å². The highest BCUT2D eigenvalue weighted by Gasteiger charge is 2.07. The van der Waals surface area contributed by atoms with Crippen LogP contribution in [0.5, 0.6) is 0 Å². The van der Waals surface area contributed by atoms with Gasteiger partial charge in [-0.25, -0.2) is 9.59 Å². The highest BCUT2D eigenvalue weighted by atomic mass is 16.4. The van der Waals surface area contributed by atoms with Gasteiger partial charge in [-0.2, -0.15) is 0 Å². The van der Waals surface area contributed by atoms with E-state index in [1.165, 1.54) is 6.07 Å². The lowest BCUT2D eigenvalue weighted by Gasteiger charge is -2.00. The molecular weight excluding hydrogens is 210 g/mol. The Morgan fingerprint density at radius 1 is 1.31 bits per heavy atom. The minimum atomic E-state index is -1.03. The van der Waals surface area contributed by atoms with Crippen LogP contribution in [0.3, 0.4) is 0 Å². The van der Waals surface area contributed by atoms with Crippen LogP contribution >= 0.6 is 0 Å². The average molecular weight is 219 g/mol. The van der Waals surface area contributed by atoms with Crippen LogP contribution in [0.25, 0.3) is 10.9 Å². The van der Waals surface area contributed by atoms with E-state index in [1.54, 1.807) is 18.2 Å². The molecule has 5 N–H and O–H groups in total. The van der Waals surface area contributed by atoms with Crippen molar-refractivity contribution < 1.29 is 14.7 Å². The van der Waals surface area contributed by atoms with Gasteiger partial charge in [-0.1, -0.05) is 0 Å². The van der Waals surface area contributed by atoms with Crippen molar-refractivity contribution in [1.82, 2.24) is 4.98 Å². The molecule has 6 nitrogen and oxygen atoms in total. The zero-order valence-corrected chi connectivity index (χ0v) is 8.15. The molecule has 82 valence electrons. The number of carbonyl (C=O) groups is 2. The summed E-state index contributed by atoms with van der Waals surface area (Å²) in [7, 11) is 0. The number of hydrogen-bond donors (Lipinski definition) is 4. The number of aromatic carboxylic acids is 1. The maximum absolute atomic E-state index is 10.7. The second-order valence-electron chi connectivity index (χ2n) is 3.28. The number of nitrogens with two attached hydrogens (primary N) is 1. The number of primary amides is 1. The van der Waals surface area contributed by atoms with Crippen molar-refractivity contribution in [2.45, 2.75) is 0 Å². The summed E-state index contributed by atoms with van der Waals surface area (Å²) in [5.41, 5.74) is 6.28. The van der Waals surface area contributed by atoms with E-state index >= 15 is 0 Å². The van der Waals surface area contributed by atoms with Gasteiger partial charge in [0.25, 0.3) is 0 Å². The molecule has 0 radical (unpaired) electrons. The van der Waals surface area contributed by atoms with Gasteiger partial charge < -0.3 is 21.1 Å². The van der Waals surface area contributed by atoms with E-state index in [1.807, 2.05) is 0 Å². The number of fused-ring (bicyclic) bond motifs is 1. The molecule has 0 unspecified atom stereocenters. The number of carboxylic acids is 1. The van der Waals surface area contributed by atoms with Gasteiger partial charge in [0.1, 0.15) is 5.69 Å². The molecule has 16 heavy (non-hydrogen) atoms. The predicted molar refractivity (Wildman–Crippen MR) is 58.5 cm³/mol. The number of benzene rings is 1. The van der Waals surface area contributed by atoms with Crippen LogP contribution in [0.15, 0.2) is 24.3 Å². The van der Waals surface area contributed by atoms with E-state index in [9.17, 15) is 9.59 Å². The molecule has 1 aromatic carbocycles. The number of aromatic nitrogens is 1. The number of amides is 2. The summed E-state index contributed by atoms with van der Waals surface area (Å²) in [5, 5.41) is 11.9. The predicted octanol–water partition coefficient (Wildman–Crippen LogP) is 1.36. The normalized spacial score (nSPS) is 10.2. The van der Waals surface area contributed by atoms with Crippen molar-refractivity contribution in [2.75, 3.05) is 5.32 Å². The Hall–Kier alpha value is -2.50. The van der Waals surface area contributed by atoms with E-state index < -0.39 is 12.0 Å². The zero-order chi connectivity index (χ0) is 11.7. The van der Waals surface area contributed by atoms with Crippen LogP contribution in [-0.4, -0.2) is 22.1 Å². The summed E-state index contributed by atoms with van der Waals surface area (Å²) in [6.45, 7) is 0. The molecule has 0 bridgehead atoms. The fourth-order valence-electron chi connectivity index (χ4n) is 1.47. The number of urea groups is 1. The van der Waals surface area contributed by atoms with E-state index in [2.05, 4.69) is 10.3 Å². The quantitative estimate of drug-likeness (QED) is 0.612. The number of rotatable bonds is 2. The lowest BCUT2D eigenvalue weighted by Crippen LogP contribution is -2.19. The number of nitrogens with one attached hydrogen (secondary N) is 2. The Kier molecular flexibility index (Phi) is 2.24. The van der Waals surface area contributed by atoms with Crippen LogP contribution in [0, 0.1) is 0 Å². The van der Waals surface area contributed by atoms with Gasteiger partial charge in [-0.15, -0.1) is 0 Å². The highest BCUT2D eigenvalue weighted by molar-refractivity contribution is 5.96. The molecule has 2 rings (SSSR count). The first-order chi connectivity index (χ1) is 7.56. The van der Waals surface area contributed by atoms with Gasteiger partial charge in [0.2, 0.25) is 0 Å². The molecule has 2 amide bonds. The Balaban J connectivity index is 2.45. The van der Waals surface area contributed by atoms with E-state index in [0.717, 1.165) is 0 Å². The smallest absolute Gasteiger partial charge is 0.352 e. The first kappa shape index (κ1) is 10.0. The van der Waals surface area contributed by atoms with Crippen molar-refractivity contribution in [2.24, 2.45) is 5.73 Å². The van der Waals surface area contributed by atoms with Crippen molar-refractivity contribution in [1.29, 1.82) is 0 Å². The largest absolute Gasteiger partial charge is 0.477 e. The topological polar surface area (TPSA) is 108 Å². The fraction of sp³-hybridized carbons (Fsp3) is 0. The lowest BCUT2D eigenvalue weighted by atomic mass is 10.2. The summed E-state index contributed by atoms with van der Waals surface area (Å²) in [6.07, 6.45) is 0. The minimum Gasteiger partial charge on any atom is -0.477 e. The van der Waals surface area contributed by atoms with Crippen molar-refractivity contribution in [3.05, 3.63) is 30.0 Å². The lowest BCUT2D eigenvalue weighted by molar-refractivity contribution is 0.0691. The molecule has 0 fully saturated rings. The second-order valence-corrected chi connectivity index (χ2v) is 3.28. The van der Waals surface area contributed by atoms with Gasteiger partial charge >= 0.3 is 12.0 Å². The summed E-state index contributed by atoms with van der Waals surface area (Å²) < 4.78 is 0. The summed E-state index contributed by atoms with van der Waals surface area (Å²) in [4.78, 5) is 24.1. The highest BCUT2D eigenvalue weighted by Crippen LogP contribution is 2.20. The minimum absolute atomic E-state index is 0.103. The molecule has 0 spiro atoms. The van der Waals surface area contributed by atoms with Gasteiger partial charge in [-0.3, -0.25) is 0 Å². The number of carboxylic acid groups (broad SMARTS) is 1. The van der Waals surface area contributed by atoms with Crippen LogP contribution in [0.4, 0.5) is 10.5 Å². The molecule has 2 aromatic rings. The molecule has 0 saturated heterocycles. The first-order valence-electron chi connectivity index (χ1n) is 4.49. The van der Waals surface area contributed by atoms with Crippen LogP contribution in [0.2, 0.25) is 0 Å². The number of carbonyl (C=O) groups excluding carboxylic acids is 1. The monoisotopic (exact) mass is 219 g/mol. The van der Waals surface area contributed by atoms with Crippen LogP contribution < -0.4 is 11.1 Å². The third kappa shape index (κ3) is 1.81. The van der Waals surface area contributed by atoms with Crippen molar-refractivity contribution in [3.8, 4) is 0 Å². The van der Waals surface area contributed by atoms with E-state index in [-0.39, 0.29) is 5.69 Å². The number of aromatic amines is 1. The maximum atomic E-state index is 10.7. The molecule has 6 heteroatoms. The van der Waals surface area contributed by atoms with Gasteiger partial charge in [0.15, 0.2) is 0 Å². The summed E-state index contributed by atoms with van der Waals surface area (Å²) >= 11 is 0. The number of anilines is 1. The molecule has 0 saturated carbocycles. The summed E-state index contributed by atoms with van der Waals surface area (Å²) in [6, 6.07) is 5.78. The maximum Gasteiger partial charge on any atom is 0.352 e. The number of hydrogen-bond acceptors (Lipinski definition) is 2.